The van der Waals surface area contributed by atoms with Gasteiger partial charge < -0.3 is 5.32 Å². The van der Waals surface area contributed by atoms with Gasteiger partial charge in [0.05, 0.1) is 0 Å². The first kappa shape index (κ1) is 16.0. The summed E-state index contributed by atoms with van der Waals surface area (Å²) < 4.78 is 0. The summed E-state index contributed by atoms with van der Waals surface area (Å²) in [5.41, 5.74) is 0.435. The van der Waals surface area contributed by atoms with Gasteiger partial charge in [-0.05, 0) is 44.6 Å². The van der Waals surface area contributed by atoms with Gasteiger partial charge in [-0.2, -0.15) is 0 Å². The second-order valence-electron chi connectivity index (χ2n) is 7.31. The minimum atomic E-state index is 0.435. The van der Waals surface area contributed by atoms with Gasteiger partial charge in [0.2, 0.25) is 0 Å². The molecule has 2 unspecified atom stereocenters. The largest absolute Gasteiger partial charge is 0.312 e. The third kappa shape index (κ3) is 3.71. The summed E-state index contributed by atoms with van der Waals surface area (Å²) in [6.07, 6.45) is 2.69. The van der Waals surface area contributed by atoms with Crippen LogP contribution in [0.1, 0.15) is 61.3 Å². The van der Waals surface area contributed by atoms with Gasteiger partial charge in [0.25, 0.3) is 0 Å². The number of hydrogen-bond donors (Lipinski definition) is 1. The fraction of sp³-hybridized carbons (Fsp3) is 1.00. The maximum absolute atomic E-state index is 3.75. The van der Waals surface area contributed by atoms with Gasteiger partial charge in [-0.3, -0.25) is 4.90 Å². The highest BCUT2D eigenvalue weighted by molar-refractivity contribution is 5.01. The zero-order valence-corrected chi connectivity index (χ0v) is 13.6. The van der Waals surface area contributed by atoms with E-state index in [1.165, 1.54) is 19.4 Å². The van der Waals surface area contributed by atoms with Crippen LogP contribution in [0, 0.1) is 11.3 Å². The van der Waals surface area contributed by atoms with E-state index < -0.39 is 0 Å². The highest BCUT2D eigenvalue weighted by Crippen LogP contribution is 2.40. The van der Waals surface area contributed by atoms with Gasteiger partial charge in [0.1, 0.15) is 0 Å². The van der Waals surface area contributed by atoms with E-state index in [0.717, 1.165) is 12.5 Å². The van der Waals surface area contributed by atoms with Crippen molar-refractivity contribution >= 4 is 0 Å². The Balaban J connectivity index is 2.83. The molecule has 1 fully saturated rings. The minimum Gasteiger partial charge on any atom is -0.312 e. The van der Waals surface area contributed by atoms with Gasteiger partial charge in [-0.1, -0.05) is 34.6 Å². The van der Waals surface area contributed by atoms with Crippen molar-refractivity contribution in [1.29, 1.82) is 0 Å². The van der Waals surface area contributed by atoms with Crippen LogP contribution >= 0.6 is 0 Å². The van der Waals surface area contributed by atoms with Crippen LogP contribution in [-0.4, -0.2) is 36.1 Å². The molecule has 0 aromatic rings. The number of rotatable bonds is 6. The van der Waals surface area contributed by atoms with Crippen LogP contribution in [0.3, 0.4) is 0 Å². The zero-order chi connectivity index (χ0) is 13.9. The molecule has 2 heteroatoms. The van der Waals surface area contributed by atoms with E-state index >= 15 is 0 Å². The molecule has 1 aliphatic carbocycles. The average molecular weight is 254 g/mol. The summed E-state index contributed by atoms with van der Waals surface area (Å²) in [5.74, 6) is 0.749. The third-order valence-electron chi connectivity index (χ3n) is 4.40. The summed E-state index contributed by atoms with van der Waals surface area (Å²) >= 11 is 0. The Morgan fingerprint density at radius 2 is 1.83 bits per heavy atom. The van der Waals surface area contributed by atoms with Crippen molar-refractivity contribution in [2.24, 2.45) is 11.3 Å². The monoisotopic (exact) mass is 254 g/mol. The van der Waals surface area contributed by atoms with Crippen molar-refractivity contribution in [3.05, 3.63) is 0 Å². The molecule has 0 spiro atoms. The van der Waals surface area contributed by atoms with Crippen LogP contribution in [-0.2, 0) is 0 Å². The molecule has 0 aromatic heterocycles. The highest BCUT2D eigenvalue weighted by atomic mass is 15.2. The lowest BCUT2D eigenvalue weighted by Crippen LogP contribution is -2.54. The lowest BCUT2D eigenvalue weighted by molar-refractivity contribution is 0.101. The van der Waals surface area contributed by atoms with E-state index in [1.807, 2.05) is 0 Å². The molecule has 1 aliphatic rings. The first-order chi connectivity index (χ1) is 8.29. The van der Waals surface area contributed by atoms with Gasteiger partial charge in [0.15, 0.2) is 0 Å². The Kier molecular flexibility index (Phi) is 5.67. The summed E-state index contributed by atoms with van der Waals surface area (Å²) in [7, 11) is 0. The first-order valence-corrected chi connectivity index (χ1v) is 7.78. The van der Waals surface area contributed by atoms with E-state index in [9.17, 15) is 0 Å². The molecule has 108 valence electrons. The van der Waals surface area contributed by atoms with Crippen molar-refractivity contribution in [2.75, 3.05) is 13.1 Å². The van der Waals surface area contributed by atoms with Gasteiger partial charge >= 0.3 is 0 Å². The molecular weight excluding hydrogens is 220 g/mol. The second kappa shape index (κ2) is 6.38. The Morgan fingerprint density at radius 1 is 1.22 bits per heavy atom. The van der Waals surface area contributed by atoms with Crippen LogP contribution in [0.5, 0.6) is 0 Å². The summed E-state index contributed by atoms with van der Waals surface area (Å²) in [6, 6.07) is 2.00. The van der Waals surface area contributed by atoms with Crippen LogP contribution in [0.2, 0.25) is 0 Å². The van der Waals surface area contributed by atoms with Crippen molar-refractivity contribution in [1.82, 2.24) is 10.2 Å². The van der Waals surface area contributed by atoms with Gasteiger partial charge in [0, 0.05) is 24.7 Å². The predicted octanol–water partition coefficient (Wildman–Crippen LogP) is 3.52. The second-order valence-corrected chi connectivity index (χ2v) is 7.31. The fourth-order valence-electron chi connectivity index (χ4n) is 3.50. The lowest BCUT2D eigenvalue weighted by Gasteiger charge is -2.40. The van der Waals surface area contributed by atoms with E-state index in [2.05, 4.69) is 58.7 Å². The van der Waals surface area contributed by atoms with Crippen molar-refractivity contribution in [2.45, 2.75) is 79.4 Å². The van der Waals surface area contributed by atoms with Gasteiger partial charge in [-0.15, -0.1) is 0 Å². The number of likely N-dealkylation sites (N-methyl/N-ethyl adjacent to an activating group) is 1. The minimum absolute atomic E-state index is 0.435. The molecule has 0 aliphatic heterocycles. The number of nitrogens with one attached hydrogen (secondary N) is 1. The summed E-state index contributed by atoms with van der Waals surface area (Å²) in [5, 5.41) is 3.75. The third-order valence-corrected chi connectivity index (χ3v) is 4.40. The Morgan fingerprint density at radius 3 is 2.28 bits per heavy atom. The summed E-state index contributed by atoms with van der Waals surface area (Å²) in [4.78, 5) is 2.73. The molecule has 2 nitrogen and oxygen atoms in total. The maximum Gasteiger partial charge on any atom is 0.0274 e. The molecular formula is C16H34N2. The molecule has 0 bridgehead atoms. The zero-order valence-electron chi connectivity index (χ0n) is 13.6. The topological polar surface area (TPSA) is 15.3 Å². The van der Waals surface area contributed by atoms with Crippen molar-refractivity contribution in [3.8, 4) is 0 Å². The summed E-state index contributed by atoms with van der Waals surface area (Å²) in [6.45, 7) is 18.7. The Bertz CT molecular complexity index is 245. The quantitative estimate of drug-likeness (QED) is 0.780. The SMILES string of the molecule is CCNC1C(N(CC(C)C)C(C)C)CCC1(C)C. The van der Waals surface area contributed by atoms with Crippen LogP contribution in [0.25, 0.3) is 0 Å². The first-order valence-electron chi connectivity index (χ1n) is 7.78. The van der Waals surface area contributed by atoms with Crippen molar-refractivity contribution < 1.29 is 0 Å². The van der Waals surface area contributed by atoms with Crippen molar-refractivity contribution in [3.63, 3.8) is 0 Å². The molecule has 1 saturated carbocycles. The smallest absolute Gasteiger partial charge is 0.0274 e. The van der Waals surface area contributed by atoms with E-state index in [-0.39, 0.29) is 0 Å². The van der Waals surface area contributed by atoms with E-state index in [1.54, 1.807) is 0 Å². The Hall–Kier alpha value is -0.0800. The normalized spacial score (nSPS) is 27.7. The molecule has 1 N–H and O–H groups in total. The molecule has 18 heavy (non-hydrogen) atoms. The number of nitrogens with zero attached hydrogens (tertiary/aromatic N) is 1. The number of hydrogen-bond acceptors (Lipinski definition) is 2. The lowest BCUT2D eigenvalue weighted by atomic mass is 9.86. The molecule has 1 rings (SSSR count). The van der Waals surface area contributed by atoms with E-state index in [0.29, 0.717) is 23.5 Å². The van der Waals surface area contributed by atoms with Crippen LogP contribution < -0.4 is 5.32 Å². The van der Waals surface area contributed by atoms with Gasteiger partial charge in [-0.25, -0.2) is 0 Å². The average Bonchev–Trinajstić information content (AvgIpc) is 2.52. The maximum atomic E-state index is 3.75. The van der Waals surface area contributed by atoms with Crippen LogP contribution in [0.15, 0.2) is 0 Å². The molecule has 0 aromatic carbocycles. The van der Waals surface area contributed by atoms with E-state index in [4.69, 9.17) is 0 Å². The molecule has 0 heterocycles. The van der Waals surface area contributed by atoms with Crippen LogP contribution in [0.4, 0.5) is 0 Å². The molecule has 2 atom stereocenters. The predicted molar refractivity (Wildman–Crippen MR) is 80.9 cm³/mol. The fourth-order valence-corrected chi connectivity index (χ4v) is 3.50. The Labute approximate surface area is 115 Å². The standard InChI is InChI=1S/C16H34N2/c1-8-17-15-14(9-10-16(15,6)7)18(13(4)5)11-12(2)3/h12-15,17H,8-11H2,1-7H3. The molecule has 0 saturated heterocycles. The molecule has 0 amide bonds. The molecule has 0 radical (unpaired) electrons. The highest BCUT2D eigenvalue weighted by Gasteiger charge is 2.44.